The number of nitrogens with zero attached hydrogens (tertiary/aromatic N) is 2. The van der Waals surface area contributed by atoms with E-state index in [-0.39, 0.29) is 0 Å². The number of benzene rings is 11. The van der Waals surface area contributed by atoms with E-state index in [9.17, 15) is 0 Å². The molecule has 0 fully saturated rings. The van der Waals surface area contributed by atoms with Gasteiger partial charge in [0.05, 0.1) is 22.4 Å². The summed E-state index contributed by atoms with van der Waals surface area (Å²) in [4.78, 5) is 2.42. The standard InChI is InChI=1S/C66H46N2/c1-4-16-47(17-5-1)50-28-30-52(31-29-50)54-38-43-58(44-39-54)67(57-41-36-53(37-42-57)49-20-8-3-9-21-49)66-45-40-56(46-62(66)55-34-32-51(33-35-55)48-18-6-2-7-19-48)59-22-10-13-25-63(59)68-64-26-14-11-23-60(64)61-24-12-15-27-65(61)68/h1-46H. The maximum absolute atomic E-state index is 2.43. The average Bonchev–Trinajstić information content (AvgIpc) is 3.76. The Morgan fingerprint density at radius 2 is 0.574 bits per heavy atom. The second-order valence-electron chi connectivity index (χ2n) is 17.3. The van der Waals surface area contributed by atoms with Crippen molar-refractivity contribution < 1.29 is 0 Å². The van der Waals surface area contributed by atoms with Crippen LogP contribution in [0, 0.1) is 0 Å². The summed E-state index contributed by atoms with van der Waals surface area (Å²) in [6.07, 6.45) is 0. The molecule has 0 unspecified atom stereocenters. The molecule has 68 heavy (non-hydrogen) atoms. The van der Waals surface area contributed by atoms with E-state index in [2.05, 4.69) is 289 Å². The molecule has 0 spiro atoms. The van der Waals surface area contributed by atoms with Crippen LogP contribution in [0.5, 0.6) is 0 Å². The second-order valence-corrected chi connectivity index (χ2v) is 17.3. The summed E-state index contributed by atoms with van der Waals surface area (Å²) in [5.74, 6) is 0. The van der Waals surface area contributed by atoms with E-state index in [1.165, 1.54) is 66.3 Å². The van der Waals surface area contributed by atoms with Gasteiger partial charge < -0.3 is 9.47 Å². The minimum absolute atomic E-state index is 1.07. The molecule has 320 valence electrons. The highest BCUT2D eigenvalue weighted by atomic mass is 15.1. The quantitative estimate of drug-likeness (QED) is 0.133. The number of para-hydroxylation sites is 3. The molecule has 12 aromatic rings. The van der Waals surface area contributed by atoms with E-state index in [4.69, 9.17) is 0 Å². The molecule has 1 aromatic heterocycles. The number of hydrogen-bond acceptors (Lipinski definition) is 1. The summed E-state index contributed by atoms with van der Waals surface area (Å²) in [6.45, 7) is 0. The number of hydrogen-bond donors (Lipinski definition) is 0. The van der Waals surface area contributed by atoms with Crippen molar-refractivity contribution in [2.24, 2.45) is 0 Å². The Morgan fingerprint density at radius 3 is 1.03 bits per heavy atom. The smallest absolute Gasteiger partial charge is 0.0541 e. The molecular weight excluding hydrogens is 821 g/mol. The average molecular weight is 867 g/mol. The fourth-order valence-corrected chi connectivity index (χ4v) is 9.85. The molecule has 2 heteroatoms. The van der Waals surface area contributed by atoms with Gasteiger partial charge in [-0.15, -0.1) is 0 Å². The third kappa shape index (κ3) is 7.64. The molecule has 12 rings (SSSR count). The highest BCUT2D eigenvalue weighted by molar-refractivity contribution is 6.10. The van der Waals surface area contributed by atoms with E-state index in [1.807, 2.05) is 0 Å². The molecule has 0 radical (unpaired) electrons. The molecular formula is C66H46N2. The summed E-state index contributed by atoms with van der Waals surface area (Å²) in [7, 11) is 0. The summed E-state index contributed by atoms with van der Waals surface area (Å²) >= 11 is 0. The van der Waals surface area contributed by atoms with Crippen molar-refractivity contribution in [3.63, 3.8) is 0 Å². The van der Waals surface area contributed by atoms with Crippen LogP contribution in [0.2, 0.25) is 0 Å². The molecule has 11 aromatic carbocycles. The Labute approximate surface area is 397 Å². The molecule has 0 aliphatic rings. The summed E-state index contributed by atoms with van der Waals surface area (Å²) in [5.41, 5.74) is 20.9. The molecule has 0 aliphatic heterocycles. The molecule has 1 heterocycles. The number of aromatic nitrogens is 1. The van der Waals surface area contributed by atoms with Gasteiger partial charge in [0.2, 0.25) is 0 Å². The summed E-state index contributed by atoms with van der Waals surface area (Å²) < 4.78 is 2.43. The Morgan fingerprint density at radius 1 is 0.235 bits per heavy atom. The molecule has 0 amide bonds. The van der Waals surface area contributed by atoms with Gasteiger partial charge >= 0.3 is 0 Å². The van der Waals surface area contributed by atoms with E-state index >= 15 is 0 Å². The maximum atomic E-state index is 2.43. The second kappa shape index (κ2) is 17.8. The van der Waals surface area contributed by atoms with Crippen LogP contribution in [0.4, 0.5) is 17.1 Å². The van der Waals surface area contributed by atoms with Gasteiger partial charge in [0.15, 0.2) is 0 Å². The highest BCUT2D eigenvalue weighted by Gasteiger charge is 2.21. The van der Waals surface area contributed by atoms with Gasteiger partial charge in [-0.1, -0.05) is 224 Å². The lowest BCUT2D eigenvalue weighted by Gasteiger charge is -2.29. The van der Waals surface area contributed by atoms with Crippen LogP contribution in [0.15, 0.2) is 279 Å². The van der Waals surface area contributed by atoms with Crippen molar-refractivity contribution >= 4 is 38.9 Å². The number of anilines is 3. The first-order valence-electron chi connectivity index (χ1n) is 23.3. The summed E-state index contributed by atoms with van der Waals surface area (Å²) in [5, 5.41) is 2.49. The van der Waals surface area contributed by atoms with Crippen molar-refractivity contribution in [1.29, 1.82) is 0 Å². The Kier molecular flexibility index (Phi) is 10.6. The first kappa shape index (κ1) is 40.5. The van der Waals surface area contributed by atoms with Crippen LogP contribution in [0.1, 0.15) is 0 Å². The molecule has 0 saturated carbocycles. The molecule has 0 bridgehead atoms. The van der Waals surface area contributed by atoms with Gasteiger partial charge in [0.25, 0.3) is 0 Å². The van der Waals surface area contributed by atoms with Crippen molar-refractivity contribution in [3.8, 4) is 72.4 Å². The van der Waals surface area contributed by atoms with Crippen molar-refractivity contribution in [1.82, 2.24) is 4.57 Å². The number of rotatable bonds is 10. The van der Waals surface area contributed by atoms with Crippen LogP contribution in [0.3, 0.4) is 0 Å². The van der Waals surface area contributed by atoms with E-state index in [0.29, 0.717) is 0 Å². The van der Waals surface area contributed by atoms with Crippen LogP contribution in [-0.2, 0) is 0 Å². The van der Waals surface area contributed by atoms with Gasteiger partial charge in [-0.2, -0.15) is 0 Å². The molecule has 0 saturated heterocycles. The van der Waals surface area contributed by atoms with Crippen molar-refractivity contribution in [2.45, 2.75) is 0 Å². The first-order valence-corrected chi connectivity index (χ1v) is 23.3. The first-order chi connectivity index (χ1) is 33.7. The normalized spacial score (nSPS) is 11.2. The fourth-order valence-electron chi connectivity index (χ4n) is 9.85. The largest absolute Gasteiger partial charge is 0.310 e. The monoisotopic (exact) mass is 866 g/mol. The fraction of sp³-hybridized carbons (Fsp3) is 0. The van der Waals surface area contributed by atoms with Crippen molar-refractivity contribution in [2.75, 3.05) is 4.90 Å². The third-order valence-electron chi connectivity index (χ3n) is 13.3. The highest BCUT2D eigenvalue weighted by Crippen LogP contribution is 2.45. The lowest BCUT2D eigenvalue weighted by Crippen LogP contribution is -2.11. The molecule has 0 aliphatic carbocycles. The van der Waals surface area contributed by atoms with E-state index < -0.39 is 0 Å². The van der Waals surface area contributed by atoms with Gasteiger partial charge in [-0.3, -0.25) is 0 Å². The predicted molar refractivity (Wildman–Crippen MR) is 288 cm³/mol. The zero-order valence-corrected chi connectivity index (χ0v) is 37.5. The predicted octanol–water partition coefficient (Wildman–Crippen LogP) is 18.3. The Bertz CT molecular complexity index is 3610. The lowest BCUT2D eigenvalue weighted by atomic mass is 9.94. The molecule has 0 N–H and O–H groups in total. The van der Waals surface area contributed by atoms with Gasteiger partial charge in [-0.25, -0.2) is 0 Å². The lowest BCUT2D eigenvalue weighted by molar-refractivity contribution is 1.18. The van der Waals surface area contributed by atoms with Gasteiger partial charge in [0.1, 0.15) is 0 Å². The van der Waals surface area contributed by atoms with Crippen molar-refractivity contribution in [3.05, 3.63) is 279 Å². The zero-order valence-electron chi connectivity index (χ0n) is 37.5. The Balaban J connectivity index is 1.02. The van der Waals surface area contributed by atoms with Crippen LogP contribution in [0.25, 0.3) is 94.3 Å². The van der Waals surface area contributed by atoms with Crippen LogP contribution < -0.4 is 4.90 Å². The summed E-state index contributed by atoms with van der Waals surface area (Å²) in [6, 6.07) is 101. The van der Waals surface area contributed by atoms with Gasteiger partial charge in [0, 0.05) is 33.3 Å². The van der Waals surface area contributed by atoms with Crippen LogP contribution >= 0.6 is 0 Å². The minimum atomic E-state index is 1.07. The zero-order chi connectivity index (χ0) is 45.2. The van der Waals surface area contributed by atoms with E-state index in [0.717, 1.165) is 45.0 Å². The topological polar surface area (TPSA) is 8.17 Å². The minimum Gasteiger partial charge on any atom is -0.310 e. The molecule has 2 nitrogen and oxygen atoms in total. The Hall–Kier alpha value is -8.98. The maximum Gasteiger partial charge on any atom is 0.0541 e. The van der Waals surface area contributed by atoms with Crippen LogP contribution in [-0.4, -0.2) is 4.57 Å². The third-order valence-corrected chi connectivity index (χ3v) is 13.3. The van der Waals surface area contributed by atoms with E-state index in [1.54, 1.807) is 0 Å². The number of fused-ring (bicyclic) bond motifs is 3. The molecule has 0 atom stereocenters. The van der Waals surface area contributed by atoms with Gasteiger partial charge in [-0.05, 0) is 110 Å². The SMILES string of the molecule is c1ccc(-c2ccc(-c3ccc(N(c4ccc(-c5ccccc5)cc4)c4ccc(-c5ccccc5-n5c6ccccc6c6ccccc65)cc4-c4ccc(-c5ccccc5)cc4)cc3)cc2)cc1.